The van der Waals surface area contributed by atoms with E-state index in [2.05, 4.69) is 94.6 Å². The lowest BCUT2D eigenvalue weighted by atomic mass is 9.87. The zero-order valence-electron chi connectivity index (χ0n) is 24.5. The van der Waals surface area contributed by atoms with Gasteiger partial charge in [-0.1, -0.05) is 87.3 Å². The summed E-state index contributed by atoms with van der Waals surface area (Å²) in [5.74, 6) is 1.46. The van der Waals surface area contributed by atoms with Gasteiger partial charge in [0.25, 0.3) is 0 Å². The Hall–Kier alpha value is -3.03. The van der Waals surface area contributed by atoms with Crippen LogP contribution in [0.2, 0.25) is 0 Å². The highest BCUT2D eigenvalue weighted by Gasteiger charge is 2.26. The lowest BCUT2D eigenvalue weighted by molar-refractivity contribution is -0.126. The minimum atomic E-state index is 0.0520. The standard InChI is InChI=1S/C33H45N5O2/c1-33(2,3)29-13-11-27(12-14-29)31-35-30(40-36-31)24-38-19-15-28(16-20-38)32(39)34-22-25-9-8-10-26(21-25)23-37-17-6-4-5-7-18-37/h8-14,21,28H,4-7,15-20,22-24H2,1-3H3,(H,34,39). The number of aromatic nitrogens is 2. The summed E-state index contributed by atoms with van der Waals surface area (Å²) in [4.78, 5) is 22.4. The Kier molecular flexibility index (Phi) is 9.33. The van der Waals surface area contributed by atoms with Crippen LogP contribution in [0.4, 0.5) is 0 Å². The van der Waals surface area contributed by atoms with E-state index in [1.165, 1.54) is 55.5 Å². The first-order valence-corrected chi connectivity index (χ1v) is 15.1. The van der Waals surface area contributed by atoms with Gasteiger partial charge in [-0.2, -0.15) is 4.98 Å². The van der Waals surface area contributed by atoms with Gasteiger partial charge < -0.3 is 9.84 Å². The van der Waals surface area contributed by atoms with Crippen LogP contribution in [0.1, 0.15) is 81.9 Å². The molecule has 2 aliphatic heterocycles. The smallest absolute Gasteiger partial charge is 0.241 e. The molecule has 3 heterocycles. The molecule has 3 aromatic rings. The lowest BCUT2D eigenvalue weighted by Crippen LogP contribution is -2.40. The number of nitrogens with zero attached hydrogens (tertiary/aromatic N) is 4. The topological polar surface area (TPSA) is 74.5 Å². The van der Waals surface area contributed by atoms with Crippen LogP contribution in [0.3, 0.4) is 0 Å². The molecule has 2 aromatic carbocycles. The van der Waals surface area contributed by atoms with Crippen molar-refractivity contribution >= 4 is 5.91 Å². The maximum absolute atomic E-state index is 12.9. The molecule has 2 saturated heterocycles. The van der Waals surface area contributed by atoms with Gasteiger partial charge in [-0.05, 0) is 74.0 Å². The molecule has 2 aliphatic rings. The van der Waals surface area contributed by atoms with E-state index in [0.29, 0.717) is 24.8 Å². The molecule has 7 nitrogen and oxygen atoms in total. The molecule has 0 radical (unpaired) electrons. The predicted molar refractivity (Wildman–Crippen MR) is 158 cm³/mol. The lowest BCUT2D eigenvalue weighted by Gasteiger charge is -2.30. The van der Waals surface area contributed by atoms with E-state index in [4.69, 9.17) is 4.52 Å². The second-order valence-corrected chi connectivity index (χ2v) is 12.6. The summed E-state index contributed by atoms with van der Waals surface area (Å²) < 4.78 is 5.56. The molecule has 0 aliphatic carbocycles. The molecule has 1 amide bonds. The van der Waals surface area contributed by atoms with Gasteiger partial charge >= 0.3 is 0 Å². The van der Waals surface area contributed by atoms with Gasteiger partial charge in [-0.25, -0.2) is 0 Å². The van der Waals surface area contributed by atoms with E-state index in [1.54, 1.807) is 0 Å². The summed E-state index contributed by atoms with van der Waals surface area (Å²) in [5, 5.41) is 7.40. The Morgan fingerprint density at radius 3 is 2.27 bits per heavy atom. The number of amides is 1. The molecular weight excluding hydrogens is 498 g/mol. The van der Waals surface area contributed by atoms with E-state index in [9.17, 15) is 4.79 Å². The van der Waals surface area contributed by atoms with Gasteiger partial charge in [0.15, 0.2) is 0 Å². The number of carbonyl (C=O) groups excluding carboxylic acids is 1. The molecule has 0 atom stereocenters. The number of piperidine rings is 1. The van der Waals surface area contributed by atoms with Crippen LogP contribution in [-0.2, 0) is 29.8 Å². The summed E-state index contributed by atoms with van der Waals surface area (Å²) in [7, 11) is 0. The van der Waals surface area contributed by atoms with Gasteiger partial charge in [-0.3, -0.25) is 14.6 Å². The minimum Gasteiger partial charge on any atom is -0.352 e. The molecule has 40 heavy (non-hydrogen) atoms. The van der Waals surface area contributed by atoms with Crippen molar-refractivity contribution in [3.05, 3.63) is 71.1 Å². The number of nitrogens with one attached hydrogen (secondary N) is 1. The molecule has 2 fully saturated rings. The highest BCUT2D eigenvalue weighted by Crippen LogP contribution is 2.26. The Balaban J connectivity index is 1.06. The first kappa shape index (κ1) is 28.5. The third kappa shape index (κ3) is 7.79. The molecule has 1 N–H and O–H groups in total. The van der Waals surface area contributed by atoms with Gasteiger partial charge in [0.2, 0.25) is 17.6 Å². The summed E-state index contributed by atoms with van der Waals surface area (Å²) >= 11 is 0. The van der Waals surface area contributed by atoms with E-state index >= 15 is 0 Å². The normalized spacial score (nSPS) is 18.0. The summed E-state index contributed by atoms with van der Waals surface area (Å²) in [6, 6.07) is 17.1. The monoisotopic (exact) mass is 543 g/mol. The van der Waals surface area contributed by atoms with Gasteiger partial charge in [-0.15, -0.1) is 0 Å². The van der Waals surface area contributed by atoms with E-state index < -0.39 is 0 Å². The fraction of sp³-hybridized carbons (Fsp3) is 0.545. The highest BCUT2D eigenvalue weighted by atomic mass is 16.5. The molecule has 0 saturated carbocycles. The van der Waals surface area contributed by atoms with E-state index in [0.717, 1.165) is 38.0 Å². The molecule has 0 spiro atoms. The Morgan fingerprint density at radius 2 is 1.57 bits per heavy atom. The van der Waals surface area contributed by atoms with Crippen molar-refractivity contribution in [2.45, 2.75) is 84.3 Å². The first-order chi connectivity index (χ1) is 19.3. The predicted octanol–water partition coefficient (Wildman–Crippen LogP) is 5.94. The maximum Gasteiger partial charge on any atom is 0.241 e. The number of rotatable bonds is 8. The fourth-order valence-corrected chi connectivity index (χ4v) is 5.82. The number of likely N-dealkylation sites (tertiary alicyclic amines) is 2. The van der Waals surface area contributed by atoms with Crippen molar-refractivity contribution in [1.82, 2.24) is 25.3 Å². The van der Waals surface area contributed by atoms with Crippen LogP contribution < -0.4 is 5.32 Å². The van der Waals surface area contributed by atoms with Crippen LogP contribution in [0.5, 0.6) is 0 Å². The van der Waals surface area contributed by atoms with Crippen molar-refractivity contribution in [2.75, 3.05) is 26.2 Å². The summed E-state index contributed by atoms with van der Waals surface area (Å²) in [5.41, 5.74) is 4.88. The van der Waals surface area contributed by atoms with Crippen molar-refractivity contribution in [2.24, 2.45) is 5.92 Å². The Bertz CT molecular complexity index is 1230. The maximum atomic E-state index is 12.9. The van der Waals surface area contributed by atoms with Crippen molar-refractivity contribution in [1.29, 1.82) is 0 Å². The molecule has 1 aromatic heterocycles. The number of benzene rings is 2. The quantitative estimate of drug-likeness (QED) is 0.379. The molecule has 0 unspecified atom stereocenters. The zero-order valence-corrected chi connectivity index (χ0v) is 24.5. The van der Waals surface area contributed by atoms with Gasteiger partial charge in [0.1, 0.15) is 0 Å². The molecule has 214 valence electrons. The van der Waals surface area contributed by atoms with E-state index in [-0.39, 0.29) is 17.2 Å². The number of hydrogen-bond donors (Lipinski definition) is 1. The average molecular weight is 544 g/mol. The molecule has 5 rings (SSSR count). The second kappa shape index (κ2) is 13.1. The third-order valence-corrected chi connectivity index (χ3v) is 8.36. The van der Waals surface area contributed by atoms with Crippen LogP contribution in [0.15, 0.2) is 53.1 Å². The fourth-order valence-electron chi connectivity index (χ4n) is 5.82. The Labute approximate surface area is 239 Å². The number of carbonyl (C=O) groups is 1. The van der Waals surface area contributed by atoms with Crippen LogP contribution in [0, 0.1) is 5.92 Å². The zero-order chi connectivity index (χ0) is 28.0. The van der Waals surface area contributed by atoms with Gasteiger partial charge in [0, 0.05) is 24.6 Å². The average Bonchev–Trinajstić information content (AvgIpc) is 3.27. The SMILES string of the molecule is CC(C)(C)c1ccc(-c2noc(CN3CCC(C(=O)NCc4cccc(CN5CCCCCC5)c4)CC3)n2)cc1. The third-order valence-electron chi connectivity index (χ3n) is 8.36. The second-order valence-electron chi connectivity index (χ2n) is 12.6. The Morgan fingerprint density at radius 1 is 0.900 bits per heavy atom. The molecular formula is C33H45N5O2. The van der Waals surface area contributed by atoms with Crippen molar-refractivity contribution in [3.8, 4) is 11.4 Å². The number of hydrogen-bond acceptors (Lipinski definition) is 6. The van der Waals surface area contributed by atoms with Crippen molar-refractivity contribution < 1.29 is 9.32 Å². The first-order valence-electron chi connectivity index (χ1n) is 15.1. The highest BCUT2D eigenvalue weighted by molar-refractivity contribution is 5.78. The minimum absolute atomic E-state index is 0.0520. The largest absolute Gasteiger partial charge is 0.352 e. The van der Waals surface area contributed by atoms with Crippen LogP contribution in [-0.4, -0.2) is 52.0 Å². The van der Waals surface area contributed by atoms with Crippen LogP contribution in [0.25, 0.3) is 11.4 Å². The summed E-state index contributed by atoms with van der Waals surface area (Å²) in [6.07, 6.45) is 7.00. The molecule has 0 bridgehead atoms. The summed E-state index contributed by atoms with van der Waals surface area (Å²) in [6.45, 7) is 12.9. The van der Waals surface area contributed by atoms with Crippen molar-refractivity contribution in [3.63, 3.8) is 0 Å². The molecule has 7 heteroatoms. The van der Waals surface area contributed by atoms with Crippen LogP contribution >= 0.6 is 0 Å². The van der Waals surface area contributed by atoms with E-state index in [1.807, 2.05) is 0 Å². The van der Waals surface area contributed by atoms with Gasteiger partial charge in [0.05, 0.1) is 6.54 Å².